The van der Waals surface area contributed by atoms with E-state index in [4.69, 9.17) is 4.74 Å². The summed E-state index contributed by atoms with van der Waals surface area (Å²) in [7, 11) is 0. The highest BCUT2D eigenvalue weighted by molar-refractivity contribution is 6.03. The van der Waals surface area contributed by atoms with Gasteiger partial charge in [0.1, 0.15) is 11.2 Å². The zero-order valence-corrected chi connectivity index (χ0v) is 11.3. The molecule has 1 heterocycles. The second kappa shape index (κ2) is 6.18. The van der Waals surface area contributed by atoms with Gasteiger partial charge in [0.25, 0.3) is 0 Å². The third-order valence-electron chi connectivity index (χ3n) is 4.01. The van der Waals surface area contributed by atoms with Crippen molar-refractivity contribution in [2.45, 2.75) is 59.3 Å². The van der Waals surface area contributed by atoms with E-state index in [-0.39, 0.29) is 11.8 Å². The number of ketones is 1. The van der Waals surface area contributed by atoms with Crippen LogP contribution in [0.4, 0.5) is 0 Å². The Labute approximate surface area is 104 Å². The van der Waals surface area contributed by atoms with Gasteiger partial charge in [-0.2, -0.15) is 0 Å². The highest BCUT2D eigenvalue weighted by Crippen LogP contribution is 2.39. The first-order valence-corrected chi connectivity index (χ1v) is 6.75. The molecule has 1 rings (SSSR count). The number of carbonyl (C=O) groups is 2. The second-order valence-electron chi connectivity index (χ2n) is 5.14. The van der Waals surface area contributed by atoms with Gasteiger partial charge in [0.15, 0.2) is 0 Å². The zero-order valence-electron chi connectivity index (χ0n) is 11.3. The Hall–Kier alpha value is -0.860. The van der Waals surface area contributed by atoms with Gasteiger partial charge >= 0.3 is 5.97 Å². The van der Waals surface area contributed by atoms with E-state index in [1.165, 1.54) is 13.3 Å². The quantitative estimate of drug-likeness (QED) is 0.507. The molecule has 17 heavy (non-hydrogen) atoms. The van der Waals surface area contributed by atoms with Crippen LogP contribution < -0.4 is 0 Å². The van der Waals surface area contributed by atoms with Crippen molar-refractivity contribution in [1.29, 1.82) is 0 Å². The van der Waals surface area contributed by atoms with Crippen molar-refractivity contribution in [3.8, 4) is 0 Å². The lowest BCUT2D eigenvalue weighted by molar-refractivity contribution is -0.151. The van der Waals surface area contributed by atoms with Crippen molar-refractivity contribution in [3.05, 3.63) is 0 Å². The molecule has 0 saturated carbocycles. The number of Topliss-reactive ketones (excluding diaryl/α,β-unsaturated/α-hetero) is 1. The maximum atomic E-state index is 11.8. The Balaban J connectivity index is 2.72. The van der Waals surface area contributed by atoms with Crippen LogP contribution >= 0.6 is 0 Å². The second-order valence-corrected chi connectivity index (χ2v) is 5.14. The highest BCUT2D eigenvalue weighted by atomic mass is 16.5. The molecular weight excluding hydrogens is 216 g/mol. The summed E-state index contributed by atoms with van der Waals surface area (Å²) in [6, 6.07) is 0. The summed E-state index contributed by atoms with van der Waals surface area (Å²) < 4.78 is 5.02. The van der Waals surface area contributed by atoms with Gasteiger partial charge in [-0.25, -0.2) is 0 Å². The molecule has 2 unspecified atom stereocenters. The van der Waals surface area contributed by atoms with Crippen LogP contribution in [0.3, 0.4) is 0 Å². The Kier molecular flexibility index (Phi) is 5.16. The first-order chi connectivity index (χ1) is 8.06. The zero-order chi connectivity index (χ0) is 12.9. The first-order valence-electron chi connectivity index (χ1n) is 6.75. The van der Waals surface area contributed by atoms with Gasteiger partial charge in [-0.1, -0.05) is 39.5 Å². The Morgan fingerprint density at radius 2 is 2.18 bits per heavy atom. The smallest absolute Gasteiger partial charge is 0.319 e. The number of hydrogen-bond acceptors (Lipinski definition) is 3. The van der Waals surface area contributed by atoms with Gasteiger partial charge < -0.3 is 4.74 Å². The lowest BCUT2D eigenvalue weighted by Crippen LogP contribution is -2.36. The molecule has 0 aromatic carbocycles. The number of unbranched alkanes of at least 4 members (excludes halogenated alkanes) is 1. The van der Waals surface area contributed by atoms with Crippen molar-refractivity contribution >= 4 is 11.8 Å². The van der Waals surface area contributed by atoms with E-state index in [0.29, 0.717) is 25.4 Å². The highest BCUT2D eigenvalue weighted by Gasteiger charge is 2.49. The molecule has 1 fully saturated rings. The molecule has 0 spiro atoms. The van der Waals surface area contributed by atoms with E-state index < -0.39 is 5.41 Å². The predicted molar refractivity (Wildman–Crippen MR) is 66.6 cm³/mol. The van der Waals surface area contributed by atoms with Gasteiger partial charge in [-0.05, 0) is 19.3 Å². The third kappa shape index (κ3) is 3.08. The number of rotatable bonds is 7. The Morgan fingerprint density at radius 3 is 2.59 bits per heavy atom. The van der Waals surface area contributed by atoms with Crippen molar-refractivity contribution in [2.24, 2.45) is 11.3 Å². The molecule has 98 valence electrons. The number of ether oxygens (including phenoxy) is 1. The van der Waals surface area contributed by atoms with E-state index >= 15 is 0 Å². The molecule has 0 bridgehead atoms. The minimum Gasteiger partial charge on any atom is -0.465 e. The van der Waals surface area contributed by atoms with Crippen molar-refractivity contribution in [3.63, 3.8) is 0 Å². The fraction of sp³-hybridized carbons (Fsp3) is 0.857. The molecule has 0 amide bonds. The van der Waals surface area contributed by atoms with Crippen molar-refractivity contribution in [2.75, 3.05) is 6.61 Å². The monoisotopic (exact) mass is 240 g/mol. The van der Waals surface area contributed by atoms with Gasteiger partial charge in [-0.15, -0.1) is 0 Å². The van der Waals surface area contributed by atoms with Gasteiger partial charge in [-0.3, -0.25) is 9.59 Å². The van der Waals surface area contributed by atoms with Crippen LogP contribution in [0.25, 0.3) is 0 Å². The molecule has 1 aliphatic rings. The van der Waals surface area contributed by atoms with Crippen molar-refractivity contribution in [1.82, 2.24) is 0 Å². The van der Waals surface area contributed by atoms with E-state index in [0.717, 1.165) is 19.3 Å². The standard InChI is InChI=1S/C14H24O3/c1-4-6-7-12(5-2)10-14(11(3)15)8-9-17-13(14)16/h12H,4-10H2,1-3H3. The molecular formula is C14H24O3. The van der Waals surface area contributed by atoms with Gasteiger partial charge in [0, 0.05) is 6.42 Å². The number of carbonyl (C=O) groups excluding carboxylic acids is 2. The molecule has 2 atom stereocenters. The third-order valence-corrected chi connectivity index (χ3v) is 4.01. The lowest BCUT2D eigenvalue weighted by Gasteiger charge is -2.26. The summed E-state index contributed by atoms with van der Waals surface area (Å²) in [5.41, 5.74) is -0.825. The largest absolute Gasteiger partial charge is 0.465 e. The molecule has 0 N–H and O–H groups in total. The molecule has 0 aromatic rings. The van der Waals surface area contributed by atoms with E-state index in [9.17, 15) is 9.59 Å². The molecule has 1 aliphatic heterocycles. The number of cyclic esters (lactones) is 1. The van der Waals surface area contributed by atoms with Crippen LogP contribution in [0.5, 0.6) is 0 Å². The topological polar surface area (TPSA) is 43.4 Å². The normalized spacial score (nSPS) is 25.7. The molecule has 0 aliphatic carbocycles. The average Bonchev–Trinajstić information content (AvgIpc) is 2.67. The Morgan fingerprint density at radius 1 is 1.47 bits per heavy atom. The number of hydrogen-bond donors (Lipinski definition) is 0. The molecule has 3 nitrogen and oxygen atoms in total. The van der Waals surface area contributed by atoms with E-state index in [1.54, 1.807) is 0 Å². The Bertz CT molecular complexity index is 285. The SMILES string of the molecule is CCCCC(CC)CC1(C(C)=O)CCOC1=O. The van der Waals surface area contributed by atoms with Crippen molar-refractivity contribution < 1.29 is 14.3 Å². The van der Waals surface area contributed by atoms with E-state index in [1.807, 2.05) is 0 Å². The number of esters is 1. The summed E-state index contributed by atoms with van der Waals surface area (Å²) >= 11 is 0. The summed E-state index contributed by atoms with van der Waals surface area (Å²) in [5, 5.41) is 0. The summed E-state index contributed by atoms with van der Waals surface area (Å²) in [4.78, 5) is 23.6. The van der Waals surface area contributed by atoms with E-state index in [2.05, 4.69) is 13.8 Å². The van der Waals surface area contributed by atoms with Crippen LogP contribution in [0.15, 0.2) is 0 Å². The van der Waals surface area contributed by atoms with Crippen LogP contribution in [-0.2, 0) is 14.3 Å². The fourth-order valence-corrected chi connectivity index (χ4v) is 2.64. The molecule has 0 radical (unpaired) electrons. The molecule has 3 heteroatoms. The summed E-state index contributed by atoms with van der Waals surface area (Å²) in [6.07, 6.45) is 5.72. The lowest BCUT2D eigenvalue weighted by atomic mass is 9.73. The van der Waals surface area contributed by atoms with Gasteiger partial charge in [0.2, 0.25) is 0 Å². The average molecular weight is 240 g/mol. The van der Waals surface area contributed by atoms with Crippen LogP contribution in [0.1, 0.15) is 59.3 Å². The van der Waals surface area contributed by atoms with Crippen LogP contribution in [-0.4, -0.2) is 18.4 Å². The maximum Gasteiger partial charge on any atom is 0.319 e. The fourth-order valence-electron chi connectivity index (χ4n) is 2.64. The summed E-state index contributed by atoms with van der Waals surface area (Å²) in [5.74, 6) is 0.152. The minimum atomic E-state index is -0.825. The van der Waals surface area contributed by atoms with Crippen LogP contribution in [0.2, 0.25) is 0 Å². The minimum absolute atomic E-state index is 0.0186. The first kappa shape index (κ1) is 14.2. The summed E-state index contributed by atoms with van der Waals surface area (Å²) in [6.45, 7) is 6.23. The molecule has 0 aromatic heterocycles. The molecule has 1 saturated heterocycles. The maximum absolute atomic E-state index is 11.8. The predicted octanol–water partition coefficient (Wildman–Crippen LogP) is 3.12. The van der Waals surface area contributed by atoms with Gasteiger partial charge in [0.05, 0.1) is 6.61 Å². The van der Waals surface area contributed by atoms with Crippen LogP contribution in [0, 0.1) is 11.3 Å².